The lowest BCUT2D eigenvalue weighted by Gasteiger charge is -2.07. The summed E-state index contributed by atoms with van der Waals surface area (Å²) in [5.41, 5.74) is 1.72. The Kier molecular flexibility index (Phi) is 6.41. The molecule has 0 fully saturated rings. The molecule has 1 aromatic heterocycles. The summed E-state index contributed by atoms with van der Waals surface area (Å²) >= 11 is 0. The average Bonchev–Trinajstić information content (AvgIpc) is 3.21. The van der Waals surface area contributed by atoms with Gasteiger partial charge in [0.15, 0.2) is 11.5 Å². The number of amides is 1. The molecule has 1 amide bonds. The largest absolute Gasteiger partial charge is 0.493 e. The normalized spacial score (nSPS) is 10.8. The maximum Gasteiger partial charge on any atom is 0.244 e. The van der Waals surface area contributed by atoms with Gasteiger partial charge in [-0.3, -0.25) is 4.79 Å². The van der Waals surface area contributed by atoms with Gasteiger partial charge in [-0.25, -0.2) is 0 Å². The van der Waals surface area contributed by atoms with Crippen molar-refractivity contribution in [3.63, 3.8) is 0 Å². The Morgan fingerprint density at radius 2 is 1.89 bits per heavy atom. The number of hydrogen-bond acceptors (Lipinski definition) is 6. The van der Waals surface area contributed by atoms with E-state index in [1.807, 2.05) is 36.4 Å². The van der Waals surface area contributed by atoms with Gasteiger partial charge in [-0.1, -0.05) is 35.5 Å². The van der Waals surface area contributed by atoms with Crippen molar-refractivity contribution in [2.24, 2.45) is 0 Å². The number of nitrogens with zero attached hydrogens (tertiary/aromatic N) is 2. The molecule has 0 bridgehead atoms. The number of ether oxygens (including phenoxy) is 2. The van der Waals surface area contributed by atoms with Crippen LogP contribution in [0.3, 0.4) is 0 Å². The van der Waals surface area contributed by atoms with Crippen molar-refractivity contribution in [3.05, 3.63) is 66.1 Å². The van der Waals surface area contributed by atoms with Crippen molar-refractivity contribution in [2.75, 3.05) is 20.8 Å². The molecule has 0 saturated carbocycles. The van der Waals surface area contributed by atoms with E-state index < -0.39 is 0 Å². The molecule has 3 aromatic rings. The van der Waals surface area contributed by atoms with E-state index in [1.165, 1.54) is 6.08 Å². The fourth-order valence-electron chi connectivity index (χ4n) is 2.54. The monoisotopic (exact) mass is 379 g/mol. The third-order valence-electron chi connectivity index (χ3n) is 3.97. The SMILES string of the molecule is COc1ccc(-c2noc(CCNC(=O)C=Cc3ccccc3)n2)cc1OC. The molecule has 3 rings (SSSR count). The summed E-state index contributed by atoms with van der Waals surface area (Å²) in [4.78, 5) is 16.2. The zero-order valence-corrected chi connectivity index (χ0v) is 15.7. The molecule has 1 N–H and O–H groups in total. The van der Waals surface area contributed by atoms with Crippen LogP contribution in [0.25, 0.3) is 17.5 Å². The van der Waals surface area contributed by atoms with Crippen LogP contribution in [0.1, 0.15) is 11.5 Å². The van der Waals surface area contributed by atoms with Gasteiger partial charge in [0, 0.05) is 24.6 Å². The third-order valence-corrected chi connectivity index (χ3v) is 3.97. The Balaban J connectivity index is 1.54. The molecular formula is C21H21N3O4. The molecule has 2 aromatic carbocycles. The first kappa shape index (κ1) is 19.2. The lowest BCUT2D eigenvalue weighted by molar-refractivity contribution is -0.116. The minimum absolute atomic E-state index is 0.177. The van der Waals surface area contributed by atoms with Crippen molar-refractivity contribution in [3.8, 4) is 22.9 Å². The maximum atomic E-state index is 11.9. The molecule has 7 heteroatoms. The van der Waals surface area contributed by atoms with E-state index in [-0.39, 0.29) is 5.91 Å². The number of rotatable bonds is 8. The van der Waals surface area contributed by atoms with Gasteiger partial charge in [-0.05, 0) is 29.8 Å². The molecule has 0 aliphatic rings. The van der Waals surface area contributed by atoms with Crippen molar-refractivity contribution in [2.45, 2.75) is 6.42 Å². The molecule has 0 spiro atoms. The molecule has 0 aliphatic carbocycles. The number of carbonyl (C=O) groups excluding carboxylic acids is 1. The highest BCUT2D eigenvalue weighted by Gasteiger charge is 2.12. The smallest absolute Gasteiger partial charge is 0.244 e. The van der Waals surface area contributed by atoms with Gasteiger partial charge in [0.25, 0.3) is 0 Å². The van der Waals surface area contributed by atoms with Gasteiger partial charge in [0.1, 0.15) is 0 Å². The van der Waals surface area contributed by atoms with Crippen LogP contribution in [-0.4, -0.2) is 36.8 Å². The van der Waals surface area contributed by atoms with E-state index in [2.05, 4.69) is 15.5 Å². The molecule has 1 heterocycles. The number of nitrogens with one attached hydrogen (secondary N) is 1. The molecular weight excluding hydrogens is 358 g/mol. The Bertz CT molecular complexity index is 951. The van der Waals surface area contributed by atoms with Crippen molar-refractivity contribution in [1.29, 1.82) is 0 Å². The van der Waals surface area contributed by atoms with Gasteiger partial charge < -0.3 is 19.3 Å². The minimum Gasteiger partial charge on any atom is -0.493 e. The van der Waals surface area contributed by atoms with Crippen LogP contribution < -0.4 is 14.8 Å². The van der Waals surface area contributed by atoms with Crippen molar-refractivity contribution >= 4 is 12.0 Å². The van der Waals surface area contributed by atoms with Gasteiger partial charge in [0.2, 0.25) is 17.6 Å². The number of methoxy groups -OCH3 is 2. The van der Waals surface area contributed by atoms with E-state index in [0.29, 0.717) is 36.2 Å². The number of hydrogen-bond donors (Lipinski definition) is 1. The molecule has 144 valence electrons. The highest BCUT2D eigenvalue weighted by molar-refractivity contribution is 5.91. The Morgan fingerprint density at radius 3 is 2.64 bits per heavy atom. The second-order valence-corrected chi connectivity index (χ2v) is 5.87. The van der Waals surface area contributed by atoms with Crippen LogP contribution in [0.2, 0.25) is 0 Å². The van der Waals surface area contributed by atoms with Crippen molar-refractivity contribution < 1.29 is 18.8 Å². The zero-order valence-electron chi connectivity index (χ0n) is 15.7. The van der Waals surface area contributed by atoms with Gasteiger partial charge in [-0.2, -0.15) is 4.98 Å². The summed E-state index contributed by atoms with van der Waals surface area (Å²) in [6, 6.07) is 15.0. The first-order valence-corrected chi connectivity index (χ1v) is 8.75. The van der Waals surface area contributed by atoms with Crippen LogP contribution in [-0.2, 0) is 11.2 Å². The first-order valence-electron chi connectivity index (χ1n) is 8.75. The number of benzene rings is 2. The van der Waals surface area contributed by atoms with E-state index in [9.17, 15) is 4.79 Å². The second kappa shape index (κ2) is 9.36. The summed E-state index contributed by atoms with van der Waals surface area (Å²) in [6.07, 6.45) is 3.70. The van der Waals surface area contributed by atoms with Crippen LogP contribution >= 0.6 is 0 Å². The Morgan fingerprint density at radius 1 is 1.11 bits per heavy atom. The second-order valence-electron chi connectivity index (χ2n) is 5.87. The lowest BCUT2D eigenvalue weighted by Crippen LogP contribution is -2.23. The first-order chi connectivity index (χ1) is 13.7. The number of aromatic nitrogens is 2. The van der Waals surface area contributed by atoms with E-state index in [0.717, 1.165) is 11.1 Å². The Labute approximate surface area is 163 Å². The van der Waals surface area contributed by atoms with Crippen LogP contribution in [0.5, 0.6) is 11.5 Å². The molecule has 0 aliphatic heterocycles. The van der Waals surface area contributed by atoms with Crippen molar-refractivity contribution in [1.82, 2.24) is 15.5 Å². The molecule has 0 unspecified atom stereocenters. The predicted octanol–water partition coefficient (Wildman–Crippen LogP) is 3.13. The summed E-state index contributed by atoms with van der Waals surface area (Å²) in [7, 11) is 3.14. The summed E-state index contributed by atoms with van der Waals surface area (Å²) in [5.74, 6) is 1.93. The molecule has 7 nitrogen and oxygen atoms in total. The molecule has 0 saturated heterocycles. The van der Waals surface area contributed by atoms with E-state index >= 15 is 0 Å². The van der Waals surface area contributed by atoms with Gasteiger partial charge in [-0.15, -0.1) is 0 Å². The summed E-state index contributed by atoms with van der Waals surface area (Å²) < 4.78 is 15.8. The third kappa shape index (κ3) is 4.97. The maximum absolute atomic E-state index is 11.9. The minimum atomic E-state index is -0.177. The highest BCUT2D eigenvalue weighted by Crippen LogP contribution is 2.31. The topological polar surface area (TPSA) is 86.5 Å². The summed E-state index contributed by atoms with van der Waals surface area (Å²) in [6.45, 7) is 0.394. The quantitative estimate of drug-likeness (QED) is 0.605. The van der Waals surface area contributed by atoms with E-state index in [1.54, 1.807) is 32.4 Å². The fourth-order valence-corrected chi connectivity index (χ4v) is 2.54. The van der Waals surface area contributed by atoms with Gasteiger partial charge in [0.05, 0.1) is 14.2 Å². The fraction of sp³-hybridized carbons (Fsp3) is 0.190. The zero-order chi connectivity index (χ0) is 19.8. The molecule has 0 atom stereocenters. The average molecular weight is 379 g/mol. The molecule has 0 radical (unpaired) electrons. The van der Waals surface area contributed by atoms with Crippen LogP contribution in [0.15, 0.2) is 59.1 Å². The molecule has 28 heavy (non-hydrogen) atoms. The van der Waals surface area contributed by atoms with Crippen LogP contribution in [0, 0.1) is 0 Å². The lowest BCUT2D eigenvalue weighted by atomic mass is 10.2. The van der Waals surface area contributed by atoms with E-state index in [4.69, 9.17) is 14.0 Å². The van der Waals surface area contributed by atoms with Crippen LogP contribution in [0.4, 0.5) is 0 Å². The van der Waals surface area contributed by atoms with Gasteiger partial charge >= 0.3 is 0 Å². The summed E-state index contributed by atoms with van der Waals surface area (Å²) in [5, 5.41) is 6.78. The predicted molar refractivity (Wildman–Crippen MR) is 105 cm³/mol. The Hall–Kier alpha value is -3.61. The number of carbonyl (C=O) groups is 1. The highest BCUT2D eigenvalue weighted by atomic mass is 16.5. The standard InChI is InChI=1S/C21H21N3O4/c1-26-17-10-9-16(14-18(17)27-2)21-23-20(28-24-21)12-13-22-19(25)11-8-15-6-4-3-5-7-15/h3-11,14H,12-13H2,1-2H3,(H,22,25).